The minimum absolute atomic E-state index is 0.0572. The fourth-order valence-electron chi connectivity index (χ4n) is 3.00. The molecule has 2 N–H and O–H groups in total. The van der Waals surface area contributed by atoms with Crippen LogP contribution in [0.25, 0.3) is 27.6 Å². The van der Waals surface area contributed by atoms with E-state index in [-0.39, 0.29) is 5.91 Å². The number of nitrogens with zero attached hydrogens (tertiary/aromatic N) is 5. The van der Waals surface area contributed by atoms with E-state index in [0.29, 0.717) is 42.3 Å². The first kappa shape index (κ1) is 20.2. The van der Waals surface area contributed by atoms with Gasteiger partial charge in [-0.15, -0.1) is 0 Å². The highest BCUT2D eigenvalue weighted by Crippen LogP contribution is 2.26. The molecule has 0 aliphatic rings. The second-order valence-electron chi connectivity index (χ2n) is 6.53. The topological polar surface area (TPSA) is 107 Å². The lowest BCUT2D eigenvalue weighted by molar-refractivity contribution is -0.121. The van der Waals surface area contributed by atoms with Gasteiger partial charge in [0.15, 0.2) is 5.65 Å². The van der Waals surface area contributed by atoms with Gasteiger partial charge in [0, 0.05) is 44.4 Å². The Kier molecular flexibility index (Phi) is 6.15. The van der Waals surface area contributed by atoms with Crippen LogP contribution in [0.4, 0.5) is 5.95 Å². The van der Waals surface area contributed by atoms with Crippen LogP contribution < -0.4 is 10.6 Å². The lowest BCUT2D eigenvalue weighted by atomic mass is 10.2. The largest absolute Gasteiger partial charge is 0.383 e. The number of ether oxygens (including phenoxy) is 1. The van der Waals surface area contributed by atoms with Crippen molar-refractivity contribution in [2.45, 2.75) is 6.42 Å². The molecule has 0 fully saturated rings. The summed E-state index contributed by atoms with van der Waals surface area (Å²) in [5.41, 5.74) is 2.44. The predicted molar refractivity (Wildman–Crippen MR) is 118 cm³/mol. The van der Waals surface area contributed by atoms with Gasteiger partial charge < -0.3 is 15.4 Å². The number of hydrogen-bond donors (Lipinski definition) is 2. The van der Waals surface area contributed by atoms with Crippen LogP contribution in [-0.4, -0.2) is 57.4 Å². The van der Waals surface area contributed by atoms with Crippen molar-refractivity contribution >= 4 is 49.7 Å². The third kappa shape index (κ3) is 4.39. The van der Waals surface area contributed by atoms with Gasteiger partial charge in [-0.1, -0.05) is 6.07 Å². The highest BCUT2D eigenvalue weighted by atomic mass is 79.9. The Bertz CT molecular complexity index is 1190. The molecule has 0 saturated carbocycles. The third-order valence-corrected chi connectivity index (χ3v) is 5.06. The normalized spacial score (nSPS) is 11.1. The maximum absolute atomic E-state index is 11.8. The Morgan fingerprint density at radius 3 is 3.00 bits per heavy atom. The van der Waals surface area contributed by atoms with Gasteiger partial charge in [0.1, 0.15) is 4.60 Å². The Hall–Kier alpha value is -3.11. The Morgan fingerprint density at radius 1 is 1.23 bits per heavy atom. The minimum atomic E-state index is -0.0572. The van der Waals surface area contributed by atoms with Crippen LogP contribution in [0.2, 0.25) is 0 Å². The number of hydrogen-bond acceptors (Lipinski definition) is 7. The summed E-state index contributed by atoms with van der Waals surface area (Å²) in [5.74, 6) is 0.376. The number of carbonyl (C=O) groups excluding carboxylic acids is 1. The summed E-state index contributed by atoms with van der Waals surface area (Å²) in [7, 11) is 1.60. The lowest BCUT2D eigenvalue weighted by Crippen LogP contribution is -2.28. The number of rotatable bonds is 8. The smallest absolute Gasteiger partial charge is 0.224 e. The lowest BCUT2D eigenvalue weighted by Gasteiger charge is -2.07. The average molecular weight is 470 g/mol. The van der Waals surface area contributed by atoms with Crippen LogP contribution in [0.3, 0.4) is 0 Å². The molecule has 0 aliphatic heterocycles. The van der Waals surface area contributed by atoms with E-state index in [1.54, 1.807) is 24.2 Å². The molecule has 4 rings (SSSR count). The first-order valence-electron chi connectivity index (χ1n) is 9.41. The fourth-order valence-corrected chi connectivity index (χ4v) is 3.44. The predicted octanol–water partition coefficient (Wildman–Crippen LogP) is 2.69. The molecule has 0 radical (unpaired) electrons. The van der Waals surface area contributed by atoms with Gasteiger partial charge in [-0.2, -0.15) is 10.1 Å². The molecule has 30 heavy (non-hydrogen) atoms. The SMILES string of the molecule is COCCNC(=O)CCNc1ncc2c(Br)nn(-c3ccc4ncccc4c3)c2n1. The van der Waals surface area contributed by atoms with E-state index in [1.165, 1.54) is 0 Å². The fraction of sp³-hybridized carbons (Fsp3) is 0.250. The third-order valence-electron chi connectivity index (χ3n) is 4.47. The van der Waals surface area contributed by atoms with Crippen LogP contribution in [0.1, 0.15) is 6.42 Å². The molecule has 1 aromatic carbocycles. The molecule has 3 heterocycles. The molecule has 0 atom stereocenters. The van der Waals surface area contributed by atoms with Gasteiger partial charge in [-0.3, -0.25) is 9.78 Å². The summed E-state index contributed by atoms with van der Waals surface area (Å²) in [4.78, 5) is 25.1. The van der Waals surface area contributed by atoms with Crippen LogP contribution in [-0.2, 0) is 9.53 Å². The number of carbonyl (C=O) groups is 1. The zero-order valence-corrected chi connectivity index (χ0v) is 17.9. The molecule has 9 nitrogen and oxygen atoms in total. The second kappa shape index (κ2) is 9.14. The van der Waals surface area contributed by atoms with Crippen molar-refractivity contribution in [2.75, 3.05) is 32.1 Å². The molecule has 154 valence electrons. The summed E-state index contributed by atoms with van der Waals surface area (Å²) in [6, 6.07) is 9.83. The van der Waals surface area contributed by atoms with Crippen LogP contribution in [0.15, 0.2) is 47.3 Å². The van der Waals surface area contributed by atoms with Crippen LogP contribution in [0.5, 0.6) is 0 Å². The molecule has 0 unspecified atom stereocenters. The molecule has 10 heteroatoms. The number of aromatic nitrogens is 5. The molecule has 3 aromatic heterocycles. The van der Waals surface area contributed by atoms with E-state index in [9.17, 15) is 4.79 Å². The number of methoxy groups -OCH3 is 1. The van der Waals surface area contributed by atoms with Gasteiger partial charge in [-0.25, -0.2) is 9.67 Å². The van der Waals surface area contributed by atoms with E-state index in [2.05, 4.69) is 46.6 Å². The van der Waals surface area contributed by atoms with Crippen molar-refractivity contribution in [3.63, 3.8) is 0 Å². The average Bonchev–Trinajstić information content (AvgIpc) is 3.09. The maximum Gasteiger partial charge on any atom is 0.224 e. The van der Waals surface area contributed by atoms with Gasteiger partial charge >= 0.3 is 0 Å². The number of pyridine rings is 1. The molecule has 0 saturated heterocycles. The highest BCUT2D eigenvalue weighted by molar-refractivity contribution is 9.10. The minimum Gasteiger partial charge on any atom is -0.383 e. The van der Waals surface area contributed by atoms with Crippen molar-refractivity contribution in [2.24, 2.45) is 0 Å². The van der Waals surface area contributed by atoms with Gasteiger partial charge in [0.05, 0.1) is 23.2 Å². The molecular weight excluding hydrogens is 450 g/mol. The maximum atomic E-state index is 11.8. The molecule has 0 aliphatic carbocycles. The van der Waals surface area contributed by atoms with Gasteiger partial charge in [-0.05, 0) is 40.2 Å². The van der Waals surface area contributed by atoms with Crippen molar-refractivity contribution in [3.05, 3.63) is 47.3 Å². The number of anilines is 1. The van der Waals surface area contributed by atoms with Crippen molar-refractivity contribution in [1.82, 2.24) is 30.0 Å². The Labute approximate surface area is 181 Å². The second-order valence-corrected chi connectivity index (χ2v) is 7.28. The number of halogens is 1. The van der Waals surface area contributed by atoms with E-state index >= 15 is 0 Å². The molecule has 0 bridgehead atoms. The zero-order valence-electron chi connectivity index (χ0n) is 16.3. The molecule has 4 aromatic rings. The Morgan fingerprint density at radius 2 is 2.13 bits per heavy atom. The van der Waals surface area contributed by atoms with Crippen LogP contribution >= 0.6 is 15.9 Å². The molecular formula is C20H20BrN7O2. The summed E-state index contributed by atoms with van der Waals surface area (Å²) in [5, 5.41) is 12.2. The van der Waals surface area contributed by atoms with Gasteiger partial charge in [0.2, 0.25) is 11.9 Å². The molecule has 1 amide bonds. The quantitative estimate of drug-likeness (QED) is 0.382. The number of nitrogens with one attached hydrogen (secondary N) is 2. The highest BCUT2D eigenvalue weighted by Gasteiger charge is 2.14. The van der Waals surface area contributed by atoms with Crippen molar-refractivity contribution in [1.29, 1.82) is 0 Å². The number of benzene rings is 1. The summed E-state index contributed by atoms with van der Waals surface area (Å²) >= 11 is 3.48. The van der Waals surface area contributed by atoms with Crippen molar-refractivity contribution < 1.29 is 9.53 Å². The zero-order chi connectivity index (χ0) is 20.9. The number of amides is 1. The monoisotopic (exact) mass is 469 g/mol. The van der Waals surface area contributed by atoms with Crippen LogP contribution in [0, 0.1) is 0 Å². The summed E-state index contributed by atoms with van der Waals surface area (Å²) in [6.07, 6.45) is 3.79. The van der Waals surface area contributed by atoms with E-state index in [1.807, 2.05) is 30.3 Å². The first-order valence-corrected chi connectivity index (χ1v) is 10.2. The first-order chi connectivity index (χ1) is 14.7. The molecule has 0 spiro atoms. The summed E-state index contributed by atoms with van der Waals surface area (Å²) < 4.78 is 7.33. The van der Waals surface area contributed by atoms with Gasteiger partial charge in [0.25, 0.3) is 0 Å². The van der Waals surface area contributed by atoms with E-state index in [0.717, 1.165) is 22.0 Å². The van der Waals surface area contributed by atoms with Crippen molar-refractivity contribution in [3.8, 4) is 5.69 Å². The standard InChI is InChI=1S/C20H20BrN7O2/c1-30-10-9-23-17(29)6-8-24-20-25-12-15-18(21)27-28(19(15)26-20)14-4-5-16-13(11-14)3-2-7-22-16/h2-5,7,11-12H,6,8-10H2,1H3,(H,23,29)(H,24,25,26). The van der Waals surface area contributed by atoms with E-state index < -0.39 is 0 Å². The van der Waals surface area contributed by atoms with E-state index in [4.69, 9.17) is 4.74 Å². The summed E-state index contributed by atoms with van der Waals surface area (Å²) in [6.45, 7) is 1.40. The number of fused-ring (bicyclic) bond motifs is 2. The Balaban J connectivity index is 1.54.